The molecule has 0 radical (unpaired) electrons. The number of pyridine rings is 1. The number of benzene rings is 1. The molecule has 198 valence electrons. The van der Waals surface area contributed by atoms with Gasteiger partial charge in [-0.15, -0.1) is 5.53 Å². The lowest BCUT2D eigenvalue weighted by molar-refractivity contribution is -0.0534. The highest BCUT2D eigenvalue weighted by molar-refractivity contribution is 6.49. The highest BCUT2D eigenvalue weighted by Crippen LogP contribution is 2.43. The number of aryl methyl sites for hydroxylation is 2. The van der Waals surface area contributed by atoms with Crippen LogP contribution in [-0.2, 0) is 5.60 Å². The van der Waals surface area contributed by atoms with Gasteiger partial charge in [0.1, 0.15) is 0 Å². The predicted octanol–water partition coefficient (Wildman–Crippen LogP) is 4.76. The van der Waals surface area contributed by atoms with E-state index in [0.29, 0.717) is 58.4 Å². The number of likely N-dealkylation sites (N-methyl/N-ethyl adjacent to an activating group) is 1. The molecule has 0 saturated carbocycles. The summed E-state index contributed by atoms with van der Waals surface area (Å²) in [7, 11) is 1.80. The second-order valence-electron chi connectivity index (χ2n) is 9.76. The summed E-state index contributed by atoms with van der Waals surface area (Å²) in [5.74, 6) is -2.61. The van der Waals surface area contributed by atoms with Crippen LogP contribution in [0.1, 0.15) is 47.8 Å². The Morgan fingerprint density at radius 1 is 1.24 bits per heavy atom. The topological polar surface area (TPSA) is 76.0 Å². The number of likely N-dealkylation sites (tertiary alicyclic amines) is 1. The molecule has 2 aliphatic rings. The number of hydrogen-bond acceptors (Lipinski definition) is 7. The molecule has 2 aliphatic heterocycles. The molecule has 0 bridgehead atoms. The Balaban J connectivity index is 1.79. The lowest BCUT2D eigenvalue weighted by Crippen LogP contribution is -2.42. The van der Waals surface area contributed by atoms with Crippen molar-refractivity contribution in [2.24, 2.45) is 4.99 Å². The van der Waals surface area contributed by atoms with Gasteiger partial charge in [-0.05, 0) is 56.8 Å². The van der Waals surface area contributed by atoms with Crippen LogP contribution in [0.25, 0.3) is 5.03 Å². The Hall–Kier alpha value is -2.85. The van der Waals surface area contributed by atoms with Gasteiger partial charge >= 0.3 is 0 Å². The lowest BCUT2D eigenvalue weighted by atomic mass is 9.81. The number of hydrogen-bond donors (Lipinski definition) is 3. The van der Waals surface area contributed by atoms with E-state index in [1.165, 1.54) is 0 Å². The van der Waals surface area contributed by atoms with Crippen LogP contribution in [0, 0.1) is 13.8 Å². The van der Waals surface area contributed by atoms with Gasteiger partial charge in [0.2, 0.25) is 0 Å². The highest BCUT2D eigenvalue weighted by atomic mass is 35.5. The van der Waals surface area contributed by atoms with E-state index in [-0.39, 0.29) is 12.8 Å². The van der Waals surface area contributed by atoms with Crippen molar-refractivity contribution >= 4 is 29.0 Å². The molecule has 2 aromatic rings. The summed E-state index contributed by atoms with van der Waals surface area (Å²) in [6.45, 7) is 10.4. The largest absolute Gasteiger partial charge is 0.374 e. The van der Waals surface area contributed by atoms with Crippen molar-refractivity contribution in [2.75, 3.05) is 26.7 Å². The number of hydrazine groups is 2. The van der Waals surface area contributed by atoms with Gasteiger partial charge in [-0.25, -0.2) is 8.78 Å². The Kier molecular flexibility index (Phi) is 7.71. The summed E-state index contributed by atoms with van der Waals surface area (Å²) in [6.07, 6.45) is 1.39. The number of nitrogens with zero attached hydrogens (tertiary/aromatic N) is 4. The number of halogens is 3. The van der Waals surface area contributed by atoms with Crippen LogP contribution >= 0.6 is 11.6 Å². The zero-order chi connectivity index (χ0) is 27.0. The van der Waals surface area contributed by atoms with Crippen LogP contribution in [0.2, 0.25) is 0 Å². The SMILES string of the molecule is C=Nc1ccc(C(O)(C2=CNNN2C)c2ccc(C)nc2C)cc1/C(Cl)=C(\C)CN1CCC(F)(F)CC1. The zero-order valence-electron chi connectivity index (χ0n) is 21.6. The fourth-order valence-corrected chi connectivity index (χ4v) is 5.17. The minimum Gasteiger partial charge on any atom is -0.374 e. The second kappa shape index (κ2) is 10.5. The molecule has 7 nitrogen and oxygen atoms in total. The predicted molar refractivity (Wildman–Crippen MR) is 144 cm³/mol. The molecule has 1 atom stereocenters. The summed E-state index contributed by atoms with van der Waals surface area (Å²) in [5, 5.41) is 14.6. The third-order valence-electron chi connectivity index (χ3n) is 7.03. The summed E-state index contributed by atoms with van der Waals surface area (Å²) in [4.78, 5) is 10.7. The van der Waals surface area contributed by atoms with Crippen LogP contribution in [-0.4, -0.2) is 59.3 Å². The third-order valence-corrected chi connectivity index (χ3v) is 7.56. The Morgan fingerprint density at radius 2 is 1.95 bits per heavy atom. The molecule has 0 amide bonds. The molecule has 0 aliphatic carbocycles. The van der Waals surface area contributed by atoms with Crippen molar-refractivity contribution in [2.45, 2.75) is 45.1 Å². The first kappa shape index (κ1) is 27.2. The number of aliphatic imine (C=N–C) groups is 1. The molecule has 10 heteroatoms. The van der Waals surface area contributed by atoms with E-state index in [1.54, 1.807) is 30.4 Å². The molecule has 1 unspecified atom stereocenters. The van der Waals surface area contributed by atoms with Gasteiger partial charge in [0.25, 0.3) is 5.92 Å². The summed E-state index contributed by atoms with van der Waals surface area (Å²) in [5.41, 5.74) is 9.61. The van der Waals surface area contributed by atoms with Crippen molar-refractivity contribution in [3.05, 3.63) is 75.9 Å². The minimum atomic E-state index is -2.61. The Bertz CT molecular complexity index is 1250. The molecule has 3 N–H and O–H groups in total. The molecular formula is C27H33ClF2N6O. The highest BCUT2D eigenvalue weighted by Gasteiger charge is 2.42. The monoisotopic (exact) mass is 530 g/mol. The van der Waals surface area contributed by atoms with E-state index in [1.807, 2.05) is 43.9 Å². The van der Waals surface area contributed by atoms with Gasteiger partial charge in [0, 0.05) is 68.2 Å². The summed E-state index contributed by atoms with van der Waals surface area (Å²) in [6, 6.07) is 9.12. The molecule has 1 aromatic carbocycles. The van der Waals surface area contributed by atoms with Gasteiger partial charge in [-0.1, -0.05) is 23.7 Å². The average molecular weight is 531 g/mol. The fraction of sp³-hybridized carbons (Fsp3) is 0.407. The van der Waals surface area contributed by atoms with Crippen LogP contribution in [0.3, 0.4) is 0 Å². The van der Waals surface area contributed by atoms with E-state index < -0.39 is 11.5 Å². The maximum atomic E-state index is 13.6. The maximum Gasteiger partial charge on any atom is 0.250 e. The van der Waals surface area contributed by atoms with E-state index in [9.17, 15) is 13.9 Å². The first-order valence-electron chi connectivity index (χ1n) is 12.2. The fourth-order valence-electron chi connectivity index (χ4n) is 4.96. The van der Waals surface area contributed by atoms with Crippen LogP contribution < -0.4 is 11.0 Å². The molecule has 4 rings (SSSR count). The molecule has 3 heterocycles. The Labute approximate surface area is 221 Å². The van der Waals surface area contributed by atoms with Crippen LogP contribution in [0.15, 0.2) is 52.8 Å². The van der Waals surface area contributed by atoms with Crippen molar-refractivity contribution < 1.29 is 13.9 Å². The van der Waals surface area contributed by atoms with E-state index in [2.05, 4.69) is 27.7 Å². The number of alkyl halides is 2. The lowest BCUT2D eigenvalue weighted by Gasteiger charge is -2.35. The van der Waals surface area contributed by atoms with Crippen molar-refractivity contribution in [1.29, 1.82) is 0 Å². The van der Waals surface area contributed by atoms with Gasteiger partial charge in [0.05, 0.1) is 16.4 Å². The van der Waals surface area contributed by atoms with Crippen LogP contribution in [0.4, 0.5) is 14.5 Å². The molecule has 1 aromatic heterocycles. The third kappa shape index (κ3) is 5.40. The first-order chi connectivity index (χ1) is 17.5. The maximum absolute atomic E-state index is 13.6. The van der Waals surface area contributed by atoms with Crippen molar-refractivity contribution in [3.63, 3.8) is 0 Å². The van der Waals surface area contributed by atoms with E-state index in [0.717, 1.165) is 11.3 Å². The van der Waals surface area contributed by atoms with E-state index in [4.69, 9.17) is 11.6 Å². The number of rotatable bonds is 7. The van der Waals surface area contributed by atoms with Crippen molar-refractivity contribution in [3.8, 4) is 0 Å². The zero-order valence-corrected chi connectivity index (χ0v) is 22.3. The summed E-state index contributed by atoms with van der Waals surface area (Å²) >= 11 is 6.90. The first-order valence-corrected chi connectivity index (χ1v) is 12.5. The van der Waals surface area contributed by atoms with Crippen LogP contribution in [0.5, 0.6) is 0 Å². The molecule has 37 heavy (non-hydrogen) atoms. The number of nitrogens with one attached hydrogen (secondary N) is 2. The van der Waals surface area contributed by atoms with Gasteiger partial charge in [-0.3, -0.25) is 19.9 Å². The van der Waals surface area contributed by atoms with Gasteiger partial charge in [0.15, 0.2) is 5.60 Å². The van der Waals surface area contributed by atoms with Gasteiger partial charge in [-0.2, -0.15) is 0 Å². The van der Waals surface area contributed by atoms with E-state index >= 15 is 0 Å². The Morgan fingerprint density at radius 3 is 2.54 bits per heavy atom. The van der Waals surface area contributed by atoms with Gasteiger partial charge < -0.3 is 10.5 Å². The molecule has 1 saturated heterocycles. The minimum absolute atomic E-state index is 0.158. The number of piperidine rings is 1. The van der Waals surface area contributed by atoms with Crippen molar-refractivity contribution in [1.82, 2.24) is 25.9 Å². The molecular weight excluding hydrogens is 498 g/mol. The summed E-state index contributed by atoms with van der Waals surface area (Å²) < 4.78 is 27.2. The standard InChI is InChI=1S/C27H33ClF2N6O/c1-17(16-36-12-10-26(29,30)11-13-36)25(28)21-14-20(7-9-23(21)31-4)27(37,24-15-32-34-35(24)5)22-8-6-18(2)33-19(22)3/h6-9,14-15,32,34,37H,4,10-13,16H2,1-3,5H3/b25-17-. The second-order valence-corrected chi connectivity index (χ2v) is 10.1. The molecule has 1 fully saturated rings. The number of aromatic nitrogens is 1. The quantitative estimate of drug-likeness (QED) is 0.448. The number of aliphatic hydroxyl groups is 1. The smallest absolute Gasteiger partial charge is 0.250 e. The average Bonchev–Trinajstić information content (AvgIpc) is 3.30. The molecule has 0 spiro atoms. The normalized spacial score (nSPS) is 20.1.